The van der Waals surface area contributed by atoms with Crippen LogP contribution in [0.15, 0.2) is 0 Å². The molecule has 1 aliphatic rings. The molecule has 0 bridgehead atoms. The van der Waals surface area contributed by atoms with Crippen molar-refractivity contribution in [3.8, 4) is 0 Å². The number of amides is 1. The molecule has 0 radical (unpaired) electrons. The SMILES string of the molecule is CC1(C)CCCCC1C(=O)NCCCCCCC(=O)O. The van der Waals surface area contributed by atoms with Crippen LogP contribution in [0.5, 0.6) is 0 Å². The van der Waals surface area contributed by atoms with Crippen molar-refractivity contribution in [2.75, 3.05) is 6.54 Å². The predicted molar refractivity (Wildman–Crippen MR) is 79.5 cm³/mol. The third-order valence-electron chi connectivity index (χ3n) is 4.44. The largest absolute Gasteiger partial charge is 0.481 e. The number of unbranched alkanes of at least 4 members (excludes halogenated alkanes) is 3. The maximum absolute atomic E-state index is 12.2. The molecule has 1 atom stereocenters. The van der Waals surface area contributed by atoms with Gasteiger partial charge in [-0.15, -0.1) is 0 Å². The van der Waals surface area contributed by atoms with Crippen LogP contribution in [0.4, 0.5) is 0 Å². The van der Waals surface area contributed by atoms with Crippen molar-refractivity contribution in [3.05, 3.63) is 0 Å². The zero-order valence-electron chi connectivity index (χ0n) is 12.9. The Labute approximate surface area is 122 Å². The molecule has 116 valence electrons. The monoisotopic (exact) mass is 283 g/mol. The van der Waals surface area contributed by atoms with Gasteiger partial charge < -0.3 is 10.4 Å². The number of nitrogens with one attached hydrogen (secondary N) is 1. The molecule has 1 amide bonds. The molecule has 0 aliphatic heterocycles. The summed E-state index contributed by atoms with van der Waals surface area (Å²) in [5.74, 6) is -0.360. The summed E-state index contributed by atoms with van der Waals surface area (Å²) in [5, 5.41) is 11.6. The molecular weight excluding hydrogens is 254 g/mol. The van der Waals surface area contributed by atoms with E-state index in [0.29, 0.717) is 0 Å². The van der Waals surface area contributed by atoms with Gasteiger partial charge >= 0.3 is 5.97 Å². The van der Waals surface area contributed by atoms with Crippen LogP contribution in [0.2, 0.25) is 0 Å². The average Bonchev–Trinajstić information content (AvgIpc) is 2.36. The molecular formula is C16H29NO3. The van der Waals surface area contributed by atoms with Crippen LogP contribution in [0.1, 0.15) is 71.6 Å². The standard InChI is InChI=1S/C16H29NO3/c1-16(2)11-7-6-9-13(16)15(20)17-12-8-4-3-5-10-14(18)19/h13H,3-12H2,1-2H3,(H,17,20)(H,18,19). The summed E-state index contributed by atoms with van der Waals surface area (Å²) in [6.07, 6.45) is 8.40. The Hall–Kier alpha value is -1.06. The van der Waals surface area contributed by atoms with Gasteiger partial charge in [-0.25, -0.2) is 0 Å². The van der Waals surface area contributed by atoms with Crippen molar-refractivity contribution in [1.82, 2.24) is 5.32 Å². The lowest BCUT2D eigenvalue weighted by Crippen LogP contribution is -2.41. The van der Waals surface area contributed by atoms with Crippen LogP contribution < -0.4 is 5.32 Å². The molecule has 1 aliphatic carbocycles. The Morgan fingerprint density at radius 1 is 1.15 bits per heavy atom. The Morgan fingerprint density at radius 3 is 2.50 bits per heavy atom. The summed E-state index contributed by atoms with van der Waals surface area (Å²) in [7, 11) is 0. The first-order valence-electron chi connectivity index (χ1n) is 7.93. The van der Waals surface area contributed by atoms with E-state index >= 15 is 0 Å². The maximum atomic E-state index is 12.2. The Kier molecular flexibility index (Phi) is 7.03. The van der Waals surface area contributed by atoms with Crippen LogP contribution in [0, 0.1) is 11.3 Å². The fourth-order valence-corrected chi connectivity index (χ4v) is 3.07. The third-order valence-corrected chi connectivity index (χ3v) is 4.44. The highest BCUT2D eigenvalue weighted by Crippen LogP contribution is 2.40. The lowest BCUT2D eigenvalue weighted by Gasteiger charge is -2.37. The number of rotatable bonds is 8. The van der Waals surface area contributed by atoms with Gasteiger partial charge in [0, 0.05) is 18.9 Å². The molecule has 0 aromatic heterocycles. The average molecular weight is 283 g/mol. The van der Waals surface area contributed by atoms with Crippen molar-refractivity contribution in [3.63, 3.8) is 0 Å². The van der Waals surface area contributed by atoms with Crippen LogP contribution in [-0.4, -0.2) is 23.5 Å². The van der Waals surface area contributed by atoms with Crippen LogP contribution in [0.3, 0.4) is 0 Å². The minimum atomic E-state index is -0.724. The molecule has 0 aromatic carbocycles. The van der Waals surface area contributed by atoms with Crippen molar-refractivity contribution in [1.29, 1.82) is 0 Å². The highest BCUT2D eigenvalue weighted by Gasteiger charge is 2.36. The maximum Gasteiger partial charge on any atom is 0.303 e. The van der Waals surface area contributed by atoms with E-state index in [2.05, 4.69) is 19.2 Å². The fourth-order valence-electron chi connectivity index (χ4n) is 3.07. The van der Waals surface area contributed by atoms with Gasteiger partial charge in [0.2, 0.25) is 5.91 Å². The minimum absolute atomic E-state index is 0.129. The van der Waals surface area contributed by atoms with Crippen LogP contribution in [-0.2, 0) is 9.59 Å². The number of hydrogen-bond acceptors (Lipinski definition) is 2. The van der Waals surface area contributed by atoms with Gasteiger partial charge in [-0.1, -0.05) is 39.5 Å². The molecule has 20 heavy (non-hydrogen) atoms. The van der Waals surface area contributed by atoms with E-state index in [-0.39, 0.29) is 23.7 Å². The smallest absolute Gasteiger partial charge is 0.303 e. The van der Waals surface area contributed by atoms with E-state index in [1.807, 2.05) is 0 Å². The summed E-state index contributed by atoms with van der Waals surface area (Å²) >= 11 is 0. The van der Waals surface area contributed by atoms with Gasteiger partial charge in [-0.3, -0.25) is 9.59 Å². The quantitative estimate of drug-likeness (QED) is 0.671. The minimum Gasteiger partial charge on any atom is -0.481 e. The van der Waals surface area contributed by atoms with Crippen molar-refractivity contribution >= 4 is 11.9 Å². The number of carbonyl (C=O) groups excluding carboxylic acids is 1. The van der Waals surface area contributed by atoms with E-state index in [1.54, 1.807) is 0 Å². The molecule has 2 N–H and O–H groups in total. The van der Waals surface area contributed by atoms with Crippen molar-refractivity contribution in [2.45, 2.75) is 71.6 Å². The molecule has 0 heterocycles. The van der Waals surface area contributed by atoms with E-state index in [9.17, 15) is 9.59 Å². The van der Waals surface area contributed by atoms with Crippen LogP contribution >= 0.6 is 0 Å². The highest BCUT2D eigenvalue weighted by molar-refractivity contribution is 5.79. The Balaban J connectivity index is 2.12. The summed E-state index contributed by atoms with van der Waals surface area (Å²) < 4.78 is 0. The van der Waals surface area contributed by atoms with E-state index in [4.69, 9.17) is 5.11 Å². The number of aliphatic carboxylic acids is 1. The first-order valence-corrected chi connectivity index (χ1v) is 7.93. The molecule has 1 saturated carbocycles. The molecule has 1 unspecified atom stereocenters. The second-order valence-electron chi connectivity index (χ2n) is 6.64. The summed E-state index contributed by atoms with van der Waals surface area (Å²) in [5.41, 5.74) is 0.129. The third kappa shape index (κ3) is 5.93. The molecule has 0 saturated heterocycles. The number of hydrogen-bond donors (Lipinski definition) is 2. The van der Waals surface area contributed by atoms with Crippen molar-refractivity contribution < 1.29 is 14.7 Å². The number of carboxylic acids is 1. The van der Waals surface area contributed by atoms with Gasteiger partial charge in [0.25, 0.3) is 0 Å². The van der Waals surface area contributed by atoms with Gasteiger partial charge in [0.1, 0.15) is 0 Å². The van der Waals surface area contributed by atoms with Gasteiger partial charge in [0.05, 0.1) is 0 Å². The lowest BCUT2D eigenvalue weighted by molar-refractivity contribution is -0.137. The summed E-state index contributed by atoms with van der Waals surface area (Å²) in [4.78, 5) is 22.6. The summed E-state index contributed by atoms with van der Waals surface area (Å²) in [6.45, 7) is 5.11. The van der Waals surface area contributed by atoms with E-state index in [0.717, 1.165) is 51.5 Å². The summed E-state index contributed by atoms with van der Waals surface area (Å²) in [6, 6.07) is 0. The van der Waals surface area contributed by atoms with Crippen molar-refractivity contribution in [2.24, 2.45) is 11.3 Å². The Morgan fingerprint density at radius 2 is 1.85 bits per heavy atom. The first-order chi connectivity index (χ1) is 9.43. The molecule has 4 nitrogen and oxygen atoms in total. The number of carboxylic acid groups (broad SMARTS) is 1. The second-order valence-corrected chi connectivity index (χ2v) is 6.64. The normalized spacial score (nSPS) is 21.4. The van der Waals surface area contributed by atoms with E-state index in [1.165, 1.54) is 6.42 Å². The fraction of sp³-hybridized carbons (Fsp3) is 0.875. The highest BCUT2D eigenvalue weighted by atomic mass is 16.4. The molecule has 1 rings (SSSR count). The zero-order valence-corrected chi connectivity index (χ0v) is 12.9. The van der Waals surface area contributed by atoms with Gasteiger partial charge in [-0.05, 0) is 31.1 Å². The van der Waals surface area contributed by atoms with Gasteiger partial charge in [0.15, 0.2) is 0 Å². The van der Waals surface area contributed by atoms with E-state index < -0.39 is 5.97 Å². The van der Waals surface area contributed by atoms with Gasteiger partial charge in [-0.2, -0.15) is 0 Å². The predicted octanol–water partition coefficient (Wildman–Crippen LogP) is 3.35. The first kappa shape index (κ1) is 17.0. The molecule has 0 aromatic rings. The number of carbonyl (C=O) groups is 2. The lowest BCUT2D eigenvalue weighted by atomic mass is 9.68. The topological polar surface area (TPSA) is 66.4 Å². The molecule has 4 heteroatoms. The zero-order chi connectivity index (χ0) is 15.0. The van der Waals surface area contributed by atoms with Crippen LogP contribution in [0.25, 0.3) is 0 Å². The molecule has 1 fully saturated rings. The molecule has 0 spiro atoms. The second kappa shape index (κ2) is 8.28. The Bertz CT molecular complexity index is 326.